The Morgan fingerprint density at radius 1 is 0.667 bits per heavy atom. The van der Waals surface area contributed by atoms with E-state index in [-0.39, 0.29) is 0 Å². The van der Waals surface area contributed by atoms with Crippen LogP contribution in [-0.2, 0) is 12.8 Å². The lowest BCUT2D eigenvalue weighted by Crippen LogP contribution is -1.81. The first-order valence-electron chi connectivity index (χ1n) is 8.39. The summed E-state index contributed by atoms with van der Waals surface area (Å²) in [5.41, 5.74) is 3.03. The molecule has 0 atom stereocenters. The Morgan fingerprint density at radius 3 is 1.57 bits per heavy atom. The molecule has 0 saturated carbocycles. The number of hydrogen-bond acceptors (Lipinski definition) is 2. The first-order chi connectivity index (χ1) is 10.4. The lowest BCUT2D eigenvalue weighted by atomic mass is 10.1. The van der Waals surface area contributed by atoms with E-state index >= 15 is 0 Å². The van der Waals surface area contributed by atoms with Gasteiger partial charge in [-0.2, -0.15) is 22.7 Å². The van der Waals surface area contributed by atoms with E-state index in [0.717, 1.165) is 0 Å². The third-order valence-electron chi connectivity index (χ3n) is 3.55. The summed E-state index contributed by atoms with van der Waals surface area (Å²) in [5, 5.41) is 8.82. The highest BCUT2D eigenvalue weighted by Crippen LogP contribution is 2.11. The molecule has 0 aliphatic rings. The van der Waals surface area contributed by atoms with Crippen LogP contribution in [0, 0.1) is 0 Å². The average molecular weight is 323 g/mol. The zero-order chi connectivity index (χ0) is 15.2. The van der Waals surface area contributed by atoms with Crippen LogP contribution in [0.5, 0.6) is 0 Å². The van der Waals surface area contributed by atoms with Crippen LogP contribution in [0.2, 0.25) is 0 Å². The van der Waals surface area contributed by atoms with Gasteiger partial charge in [0.2, 0.25) is 0 Å². The molecule has 118 valence electrons. The first kappa shape index (κ1) is 18.4. The second-order valence-corrected chi connectivity index (χ2v) is 7.09. The molecule has 0 bridgehead atoms. The van der Waals surface area contributed by atoms with Crippen LogP contribution >= 0.6 is 22.7 Å². The Morgan fingerprint density at radius 2 is 1.14 bits per heavy atom. The van der Waals surface area contributed by atoms with Gasteiger partial charge in [0.25, 0.3) is 0 Å². The summed E-state index contributed by atoms with van der Waals surface area (Å²) in [5.74, 6) is 0. The number of hydrogen-bond donors (Lipinski definition) is 0. The van der Waals surface area contributed by atoms with Crippen LogP contribution in [0.3, 0.4) is 0 Å². The lowest BCUT2D eigenvalue weighted by Gasteiger charge is -1.96. The molecule has 0 aromatic carbocycles. The van der Waals surface area contributed by atoms with Gasteiger partial charge in [-0.05, 0) is 70.5 Å². The topological polar surface area (TPSA) is 0 Å². The minimum Gasteiger partial charge on any atom is -0.152 e. The minimum absolute atomic E-state index is 1.28. The van der Waals surface area contributed by atoms with Gasteiger partial charge < -0.3 is 0 Å². The molecule has 0 aliphatic carbocycles. The highest BCUT2D eigenvalue weighted by atomic mass is 32.1. The predicted molar refractivity (Wildman–Crippen MR) is 99.7 cm³/mol. The molecular weight excluding hydrogens is 292 g/mol. The van der Waals surface area contributed by atoms with Gasteiger partial charge in [0.1, 0.15) is 0 Å². The molecule has 0 unspecified atom stereocenters. The molecule has 2 aromatic heterocycles. The van der Waals surface area contributed by atoms with Crippen molar-refractivity contribution in [2.24, 2.45) is 0 Å². The molecule has 0 N–H and O–H groups in total. The summed E-state index contributed by atoms with van der Waals surface area (Å²) in [7, 11) is 0. The minimum atomic E-state index is 1.28. The third kappa shape index (κ3) is 9.87. The Hall–Kier alpha value is -0.600. The average Bonchev–Trinajstić information content (AvgIpc) is 3.18. The number of thiophene rings is 2. The molecule has 2 heterocycles. The molecule has 0 nitrogen and oxygen atoms in total. The van der Waals surface area contributed by atoms with Gasteiger partial charge in [-0.25, -0.2) is 0 Å². The highest BCUT2D eigenvalue weighted by molar-refractivity contribution is 7.08. The first-order valence-corrected chi connectivity index (χ1v) is 10.3. The van der Waals surface area contributed by atoms with Crippen molar-refractivity contribution in [1.82, 2.24) is 0 Å². The Labute approximate surface area is 139 Å². The molecule has 0 spiro atoms. The van der Waals surface area contributed by atoms with Crippen molar-refractivity contribution in [3.63, 3.8) is 0 Å². The second-order valence-electron chi connectivity index (χ2n) is 5.53. The zero-order valence-electron chi connectivity index (χ0n) is 13.6. The van der Waals surface area contributed by atoms with E-state index in [1.807, 2.05) is 0 Å². The maximum atomic E-state index is 2.26. The molecule has 0 saturated heterocycles. The molecule has 0 amide bonds. The van der Waals surface area contributed by atoms with Crippen LogP contribution in [0.15, 0.2) is 33.7 Å². The fourth-order valence-electron chi connectivity index (χ4n) is 2.20. The summed E-state index contributed by atoms with van der Waals surface area (Å²) in [6, 6.07) is 4.46. The molecule has 0 radical (unpaired) electrons. The van der Waals surface area contributed by atoms with E-state index in [1.165, 1.54) is 68.9 Å². The molecule has 0 aliphatic heterocycles. The fourth-order valence-corrected chi connectivity index (χ4v) is 3.61. The number of unbranched alkanes of at least 4 members (excludes halogenated alkanes) is 5. The van der Waals surface area contributed by atoms with Crippen LogP contribution in [-0.4, -0.2) is 0 Å². The van der Waals surface area contributed by atoms with Gasteiger partial charge in [0, 0.05) is 0 Å². The highest BCUT2D eigenvalue weighted by Gasteiger charge is 1.92. The Kier molecular flexibility index (Phi) is 11.5. The molecule has 0 fully saturated rings. The Bertz CT molecular complexity index is 401. The quantitative estimate of drug-likeness (QED) is 0.423. The van der Waals surface area contributed by atoms with Crippen molar-refractivity contribution in [2.75, 3.05) is 0 Å². The molecule has 2 rings (SSSR count). The van der Waals surface area contributed by atoms with E-state index in [0.29, 0.717) is 0 Å². The van der Waals surface area contributed by atoms with Crippen LogP contribution in [0.4, 0.5) is 0 Å². The van der Waals surface area contributed by atoms with Crippen molar-refractivity contribution in [2.45, 2.75) is 71.6 Å². The van der Waals surface area contributed by atoms with E-state index in [9.17, 15) is 0 Å². The summed E-state index contributed by atoms with van der Waals surface area (Å²) in [6.07, 6.45) is 12.1. The molecule has 2 aromatic rings. The van der Waals surface area contributed by atoms with Crippen molar-refractivity contribution in [3.8, 4) is 0 Å². The van der Waals surface area contributed by atoms with E-state index in [4.69, 9.17) is 0 Å². The van der Waals surface area contributed by atoms with Gasteiger partial charge in [-0.1, -0.05) is 46.0 Å². The fraction of sp³-hybridized carbons (Fsp3) is 0.579. The van der Waals surface area contributed by atoms with Crippen LogP contribution < -0.4 is 0 Å². The van der Waals surface area contributed by atoms with Gasteiger partial charge in [-0.3, -0.25) is 0 Å². The summed E-state index contributed by atoms with van der Waals surface area (Å²) < 4.78 is 0. The molecule has 2 heteroatoms. The third-order valence-corrected chi connectivity index (χ3v) is 5.01. The lowest BCUT2D eigenvalue weighted by molar-refractivity contribution is 0.667. The standard InChI is InChI=1S/C10H16S.C9H14S/c1-2-3-4-5-6-10-7-8-11-9-10;1-2-3-4-5-9-6-7-10-8-9/h7-9H,2-6H2,1H3;6-8H,2-5H2,1H3. The van der Waals surface area contributed by atoms with Gasteiger partial charge in [0.05, 0.1) is 0 Å². The van der Waals surface area contributed by atoms with E-state index < -0.39 is 0 Å². The predicted octanol–water partition coefficient (Wildman–Crippen LogP) is 7.35. The zero-order valence-corrected chi connectivity index (χ0v) is 15.3. The number of rotatable bonds is 9. The van der Waals surface area contributed by atoms with Crippen molar-refractivity contribution in [1.29, 1.82) is 0 Å². The Balaban J connectivity index is 0.000000211. The van der Waals surface area contributed by atoms with Gasteiger partial charge in [-0.15, -0.1) is 0 Å². The van der Waals surface area contributed by atoms with Crippen LogP contribution in [0.1, 0.15) is 69.9 Å². The second kappa shape index (κ2) is 13.1. The van der Waals surface area contributed by atoms with Gasteiger partial charge in [0.15, 0.2) is 0 Å². The SMILES string of the molecule is CCCCCCc1ccsc1.CCCCCc1ccsc1. The van der Waals surface area contributed by atoms with Crippen LogP contribution in [0.25, 0.3) is 0 Å². The normalized spacial score (nSPS) is 10.2. The van der Waals surface area contributed by atoms with Gasteiger partial charge >= 0.3 is 0 Å². The van der Waals surface area contributed by atoms with Crippen molar-refractivity contribution >= 4 is 22.7 Å². The summed E-state index contributed by atoms with van der Waals surface area (Å²) in [4.78, 5) is 0. The monoisotopic (exact) mass is 322 g/mol. The van der Waals surface area contributed by atoms with E-state index in [1.54, 1.807) is 22.7 Å². The molecular formula is C19H30S2. The smallest absolute Gasteiger partial charge is 0.00613 e. The maximum absolute atomic E-state index is 2.26. The van der Waals surface area contributed by atoms with E-state index in [2.05, 4.69) is 47.5 Å². The largest absolute Gasteiger partial charge is 0.152 e. The summed E-state index contributed by atoms with van der Waals surface area (Å²) >= 11 is 3.60. The number of aryl methyl sites for hydroxylation is 2. The van der Waals surface area contributed by atoms with Crippen molar-refractivity contribution < 1.29 is 0 Å². The van der Waals surface area contributed by atoms with Crippen molar-refractivity contribution in [3.05, 3.63) is 44.8 Å². The maximum Gasteiger partial charge on any atom is -0.00613 e. The molecule has 21 heavy (non-hydrogen) atoms. The summed E-state index contributed by atoms with van der Waals surface area (Å²) in [6.45, 7) is 4.50.